The average molecular weight is 204 g/mol. The minimum absolute atomic E-state index is 0.0931. The Labute approximate surface area is 84.3 Å². The monoisotopic (exact) mass is 204 g/mol. The topological polar surface area (TPSA) is 95.6 Å². The van der Waals surface area contributed by atoms with Gasteiger partial charge in [0.05, 0.1) is 12.7 Å². The van der Waals surface area contributed by atoms with Crippen molar-refractivity contribution >= 4 is 5.91 Å². The van der Waals surface area contributed by atoms with Crippen molar-refractivity contribution in [3.8, 4) is 0 Å². The largest absolute Gasteiger partial charge is 0.394 e. The third kappa shape index (κ3) is 5.90. The smallest absolute Gasteiger partial charge is 0.222 e. The van der Waals surface area contributed by atoms with E-state index in [1.807, 2.05) is 6.92 Å². The van der Waals surface area contributed by atoms with E-state index in [0.717, 1.165) is 12.8 Å². The summed E-state index contributed by atoms with van der Waals surface area (Å²) in [5.41, 5.74) is 5.32. The van der Waals surface area contributed by atoms with Gasteiger partial charge in [-0.3, -0.25) is 4.79 Å². The summed E-state index contributed by atoms with van der Waals surface area (Å²) < 4.78 is 0. The van der Waals surface area contributed by atoms with E-state index < -0.39 is 6.10 Å². The first-order valence-electron chi connectivity index (χ1n) is 4.88. The number of carbonyl (C=O) groups is 1. The van der Waals surface area contributed by atoms with Crippen LogP contribution in [0.1, 0.15) is 19.8 Å². The van der Waals surface area contributed by atoms with E-state index in [1.165, 1.54) is 0 Å². The number of aliphatic hydroxyl groups is 2. The van der Waals surface area contributed by atoms with Gasteiger partial charge in [0, 0.05) is 12.5 Å². The molecule has 0 aliphatic carbocycles. The van der Waals surface area contributed by atoms with E-state index in [-0.39, 0.29) is 25.0 Å². The summed E-state index contributed by atoms with van der Waals surface area (Å²) >= 11 is 0. The Kier molecular flexibility index (Phi) is 7.37. The number of rotatable bonds is 7. The number of carbonyl (C=O) groups excluding carboxylic acids is 1. The highest BCUT2D eigenvalue weighted by molar-refractivity contribution is 5.78. The summed E-state index contributed by atoms with van der Waals surface area (Å²) in [6, 6.07) is 0. The summed E-state index contributed by atoms with van der Waals surface area (Å²) in [5.74, 6) is -0.199. The van der Waals surface area contributed by atoms with Gasteiger partial charge in [-0.15, -0.1) is 0 Å². The summed E-state index contributed by atoms with van der Waals surface area (Å²) in [6.45, 7) is 2.16. The Balaban J connectivity index is 3.61. The Bertz CT molecular complexity index is 164. The predicted octanol–water partition coefficient (Wildman–Crippen LogP) is -1.17. The van der Waals surface area contributed by atoms with Gasteiger partial charge in [0.2, 0.25) is 5.91 Å². The second-order valence-corrected chi connectivity index (χ2v) is 3.41. The molecule has 0 bridgehead atoms. The summed E-state index contributed by atoms with van der Waals surface area (Å²) in [4.78, 5) is 11.3. The maximum Gasteiger partial charge on any atom is 0.222 e. The second-order valence-electron chi connectivity index (χ2n) is 3.41. The van der Waals surface area contributed by atoms with E-state index >= 15 is 0 Å². The Hall–Kier alpha value is -0.650. The molecule has 2 atom stereocenters. The summed E-state index contributed by atoms with van der Waals surface area (Å²) in [6.07, 6.45) is 0.690. The molecule has 0 aromatic carbocycles. The number of nitrogens with two attached hydrogens (primary N) is 1. The summed E-state index contributed by atoms with van der Waals surface area (Å²) in [7, 11) is 0. The molecule has 14 heavy (non-hydrogen) atoms. The van der Waals surface area contributed by atoms with Crippen LogP contribution in [0, 0.1) is 5.92 Å². The van der Waals surface area contributed by atoms with E-state index in [1.54, 1.807) is 0 Å². The molecule has 0 spiro atoms. The molecule has 2 unspecified atom stereocenters. The van der Waals surface area contributed by atoms with Crippen molar-refractivity contribution in [3.05, 3.63) is 0 Å². The molecule has 0 aliphatic rings. The Morgan fingerprint density at radius 3 is 2.71 bits per heavy atom. The van der Waals surface area contributed by atoms with Crippen molar-refractivity contribution in [3.63, 3.8) is 0 Å². The third-order valence-electron chi connectivity index (χ3n) is 2.01. The molecule has 0 heterocycles. The minimum Gasteiger partial charge on any atom is -0.394 e. The molecule has 0 aliphatic heterocycles. The van der Waals surface area contributed by atoms with Crippen LogP contribution >= 0.6 is 0 Å². The lowest BCUT2D eigenvalue weighted by molar-refractivity contribution is -0.125. The van der Waals surface area contributed by atoms with E-state index in [9.17, 15) is 4.79 Å². The number of hydrogen-bond donors (Lipinski definition) is 4. The lowest BCUT2D eigenvalue weighted by Crippen LogP contribution is -2.37. The van der Waals surface area contributed by atoms with Gasteiger partial charge >= 0.3 is 0 Å². The SMILES string of the molecule is CC(CCCN)C(=O)NCC(O)CO. The fourth-order valence-electron chi connectivity index (χ4n) is 1.01. The molecule has 5 nitrogen and oxygen atoms in total. The zero-order chi connectivity index (χ0) is 11.0. The van der Waals surface area contributed by atoms with Crippen molar-refractivity contribution in [1.29, 1.82) is 0 Å². The minimum atomic E-state index is -0.874. The normalized spacial score (nSPS) is 14.9. The fourth-order valence-corrected chi connectivity index (χ4v) is 1.01. The fraction of sp³-hybridized carbons (Fsp3) is 0.889. The molecule has 0 aromatic heterocycles. The van der Waals surface area contributed by atoms with E-state index in [0.29, 0.717) is 6.54 Å². The van der Waals surface area contributed by atoms with Gasteiger partial charge in [-0.25, -0.2) is 0 Å². The van der Waals surface area contributed by atoms with Crippen LogP contribution in [0.2, 0.25) is 0 Å². The molecule has 0 rings (SSSR count). The number of hydrogen-bond acceptors (Lipinski definition) is 4. The first-order valence-corrected chi connectivity index (χ1v) is 4.88. The van der Waals surface area contributed by atoms with E-state index in [2.05, 4.69) is 5.32 Å². The molecule has 5 N–H and O–H groups in total. The molecule has 0 fully saturated rings. The highest BCUT2D eigenvalue weighted by Crippen LogP contribution is 2.03. The molecule has 0 radical (unpaired) electrons. The van der Waals surface area contributed by atoms with Crippen LogP contribution in [0.25, 0.3) is 0 Å². The molecule has 1 amide bonds. The first-order chi connectivity index (χ1) is 6.61. The van der Waals surface area contributed by atoms with Gasteiger partial charge in [0.1, 0.15) is 0 Å². The van der Waals surface area contributed by atoms with Crippen molar-refractivity contribution in [2.45, 2.75) is 25.9 Å². The quantitative estimate of drug-likeness (QED) is 0.420. The van der Waals surface area contributed by atoms with Crippen LogP contribution < -0.4 is 11.1 Å². The molecule has 0 saturated carbocycles. The molecular weight excluding hydrogens is 184 g/mol. The Morgan fingerprint density at radius 2 is 2.21 bits per heavy atom. The number of amides is 1. The van der Waals surface area contributed by atoms with Crippen molar-refractivity contribution in [2.75, 3.05) is 19.7 Å². The van der Waals surface area contributed by atoms with Gasteiger partial charge in [-0.2, -0.15) is 0 Å². The second kappa shape index (κ2) is 7.73. The Morgan fingerprint density at radius 1 is 1.57 bits per heavy atom. The lowest BCUT2D eigenvalue weighted by atomic mass is 10.1. The lowest BCUT2D eigenvalue weighted by Gasteiger charge is -2.13. The first kappa shape index (κ1) is 13.4. The third-order valence-corrected chi connectivity index (χ3v) is 2.01. The maximum absolute atomic E-state index is 11.3. The van der Waals surface area contributed by atoms with Crippen LogP contribution in [0.4, 0.5) is 0 Å². The molecular formula is C9H20N2O3. The zero-order valence-corrected chi connectivity index (χ0v) is 8.57. The average Bonchev–Trinajstić information content (AvgIpc) is 2.21. The van der Waals surface area contributed by atoms with Crippen LogP contribution in [-0.2, 0) is 4.79 Å². The number of aliphatic hydroxyl groups excluding tert-OH is 2. The summed E-state index contributed by atoms with van der Waals surface area (Å²) in [5, 5.41) is 20.0. The molecule has 0 aromatic rings. The van der Waals surface area contributed by atoms with Gasteiger partial charge in [-0.1, -0.05) is 6.92 Å². The predicted molar refractivity (Wildman–Crippen MR) is 53.6 cm³/mol. The van der Waals surface area contributed by atoms with Gasteiger partial charge in [0.15, 0.2) is 0 Å². The van der Waals surface area contributed by atoms with Gasteiger partial charge in [0.25, 0.3) is 0 Å². The molecule has 0 saturated heterocycles. The van der Waals surface area contributed by atoms with Crippen molar-refractivity contribution < 1.29 is 15.0 Å². The van der Waals surface area contributed by atoms with Crippen molar-refractivity contribution in [1.82, 2.24) is 5.32 Å². The standard InChI is InChI=1S/C9H20N2O3/c1-7(3-2-4-10)9(14)11-5-8(13)6-12/h7-8,12-13H,2-6,10H2,1H3,(H,11,14). The highest BCUT2D eigenvalue weighted by atomic mass is 16.3. The maximum atomic E-state index is 11.3. The highest BCUT2D eigenvalue weighted by Gasteiger charge is 2.12. The van der Waals surface area contributed by atoms with Crippen molar-refractivity contribution in [2.24, 2.45) is 11.7 Å². The van der Waals surface area contributed by atoms with Crippen LogP contribution in [0.3, 0.4) is 0 Å². The molecule has 5 heteroatoms. The van der Waals surface area contributed by atoms with Crippen LogP contribution in [-0.4, -0.2) is 41.9 Å². The molecule has 84 valence electrons. The van der Waals surface area contributed by atoms with Gasteiger partial charge in [-0.05, 0) is 19.4 Å². The zero-order valence-electron chi connectivity index (χ0n) is 8.57. The van der Waals surface area contributed by atoms with Crippen LogP contribution in [0.15, 0.2) is 0 Å². The van der Waals surface area contributed by atoms with Crippen LogP contribution in [0.5, 0.6) is 0 Å². The van der Waals surface area contributed by atoms with E-state index in [4.69, 9.17) is 15.9 Å². The number of nitrogens with one attached hydrogen (secondary N) is 1. The van der Waals surface area contributed by atoms with Gasteiger partial charge < -0.3 is 21.3 Å².